The monoisotopic (exact) mass is 248 g/mol. The first kappa shape index (κ1) is 12.6. The third-order valence-electron chi connectivity index (χ3n) is 3.75. The molecule has 0 spiro atoms. The van der Waals surface area contributed by atoms with Crippen LogP contribution in [-0.2, 0) is 6.54 Å². The normalized spacial score (nSPS) is 28.9. The van der Waals surface area contributed by atoms with Crippen LogP contribution in [0.1, 0.15) is 43.6 Å². The highest BCUT2D eigenvalue weighted by atomic mass is 32.1. The van der Waals surface area contributed by atoms with E-state index in [2.05, 4.69) is 25.2 Å². The van der Waals surface area contributed by atoms with Gasteiger partial charge in [0.1, 0.15) is 6.07 Å². The Balaban J connectivity index is 1.84. The second kappa shape index (κ2) is 5.66. The lowest BCUT2D eigenvalue weighted by Gasteiger charge is -2.33. The summed E-state index contributed by atoms with van der Waals surface area (Å²) in [6.07, 6.45) is 3.97. The Labute approximate surface area is 108 Å². The van der Waals surface area contributed by atoms with Crippen molar-refractivity contribution >= 4 is 11.3 Å². The van der Waals surface area contributed by atoms with Gasteiger partial charge in [0.15, 0.2) is 0 Å². The molecule has 2 rings (SSSR count). The van der Waals surface area contributed by atoms with Gasteiger partial charge in [0.2, 0.25) is 0 Å². The number of hydrogen-bond donors (Lipinski definition) is 1. The summed E-state index contributed by atoms with van der Waals surface area (Å²) in [4.78, 5) is 1.27. The van der Waals surface area contributed by atoms with Gasteiger partial charge in [-0.2, -0.15) is 5.26 Å². The van der Waals surface area contributed by atoms with Gasteiger partial charge in [-0.15, -0.1) is 11.3 Å². The molecule has 3 unspecified atom stereocenters. The lowest BCUT2D eigenvalue weighted by Crippen LogP contribution is -2.38. The van der Waals surface area contributed by atoms with Crippen molar-refractivity contribution in [2.45, 2.75) is 45.7 Å². The van der Waals surface area contributed by atoms with E-state index in [0.29, 0.717) is 6.04 Å². The number of nitrogens with zero attached hydrogens (tertiary/aromatic N) is 1. The van der Waals surface area contributed by atoms with Gasteiger partial charge in [-0.05, 0) is 37.2 Å². The van der Waals surface area contributed by atoms with Crippen LogP contribution in [0.2, 0.25) is 0 Å². The van der Waals surface area contributed by atoms with E-state index in [1.54, 1.807) is 11.3 Å². The van der Waals surface area contributed by atoms with E-state index >= 15 is 0 Å². The van der Waals surface area contributed by atoms with Crippen molar-refractivity contribution in [2.75, 3.05) is 0 Å². The van der Waals surface area contributed by atoms with Crippen LogP contribution in [0.4, 0.5) is 0 Å². The van der Waals surface area contributed by atoms with Gasteiger partial charge in [-0.1, -0.05) is 13.8 Å². The molecule has 0 amide bonds. The molecule has 3 atom stereocenters. The molecule has 1 heterocycles. The van der Waals surface area contributed by atoms with Crippen LogP contribution in [0.15, 0.2) is 11.4 Å². The van der Waals surface area contributed by atoms with Crippen molar-refractivity contribution in [1.82, 2.24) is 5.32 Å². The minimum absolute atomic E-state index is 0.652. The topological polar surface area (TPSA) is 35.8 Å². The molecular weight excluding hydrogens is 228 g/mol. The first-order valence-corrected chi connectivity index (χ1v) is 7.28. The average molecular weight is 248 g/mol. The summed E-state index contributed by atoms with van der Waals surface area (Å²) in [5.74, 6) is 1.66. The molecule has 1 aromatic rings. The van der Waals surface area contributed by atoms with Crippen molar-refractivity contribution in [3.8, 4) is 6.07 Å². The van der Waals surface area contributed by atoms with Crippen LogP contribution in [0, 0.1) is 23.2 Å². The zero-order valence-electron chi connectivity index (χ0n) is 10.6. The molecule has 1 aliphatic carbocycles. The second-order valence-electron chi connectivity index (χ2n) is 5.30. The molecule has 1 aromatic heterocycles. The summed E-state index contributed by atoms with van der Waals surface area (Å²) in [5.41, 5.74) is 0.789. The largest absolute Gasteiger partial charge is 0.309 e. The van der Waals surface area contributed by atoms with Gasteiger partial charge in [0, 0.05) is 22.8 Å². The first-order chi connectivity index (χ1) is 8.19. The lowest BCUT2D eigenvalue weighted by molar-refractivity contribution is 0.227. The van der Waals surface area contributed by atoms with Crippen molar-refractivity contribution in [3.05, 3.63) is 21.9 Å². The fourth-order valence-corrected chi connectivity index (χ4v) is 3.49. The third kappa shape index (κ3) is 3.31. The zero-order valence-corrected chi connectivity index (χ0v) is 11.4. The Bertz CT molecular complexity index is 405. The molecule has 0 bridgehead atoms. The maximum absolute atomic E-state index is 8.78. The van der Waals surface area contributed by atoms with Crippen molar-refractivity contribution in [1.29, 1.82) is 5.26 Å². The molecule has 17 heavy (non-hydrogen) atoms. The minimum atomic E-state index is 0.652. The zero-order chi connectivity index (χ0) is 12.3. The molecule has 92 valence electrons. The van der Waals surface area contributed by atoms with Gasteiger partial charge in [-0.3, -0.25) is 0 Å². The fourth-order valence-electron chi connectivity index (χ4n) is 2.73. The number of nitrogens with one attached hydrogen (secondary N) is 1. The Kier molecular flexibility index (Phi) is 4.20. The van der Waals surface area contributed by atoms with Crippen molar-refractivity contribution in [3.63, 3.8) is 0 Å². The highest BCUT2D eigenvalue weighted by Crippen LogP contribution is 2.29. The van der Waals surface area contributed by atoms with E-state index < -0.39 is 0 Å². The van der Waals surface area contributed by atoms with Gasteiger partial charge >= 0.3 is 0 Å². The highest BCUT2D eigenvalue weighted by Gasteiger charge is 2.24. The molecule has 2 nitrogen and oxygen atoms in total. The molecule has 0 saturated heterocycles. The van der Waals surface area contributed by atoms with Crippen molar-refractivity contribution < 1.29 is 0 Å². The molecule has 0 aromatic carbocycles. The van der Waals surface area contributed by atoms with Gasteiger partial charge in [-0.25, -0.2) is 0 Å². The second-order valence-corrected chi connectivity index (χ2v) is 6.29. The molecular formula is C14H20N2S. The summed E-state index contributed by atoms with van der Waals surface area (Å²) in [6.45, 7) is 5.61. The molecule has 1 N–H and O–H groups in total. The van der Waals surface area contributed by atoms with Crippen LogP contribution in [0.5, 0.6) is 0 Å². The minimum Gasteiger partial charge on any atom is -0.309 e. The van der Waals surface area contributed by atoms with Crippen LogP contribution < -0.4 is 5.32 Å². The van der Waals surface area contributed by atoms with Crippen LogP contribution >= 0.6 is 11.3 Å². The average Bonchev–Trinajstić information content (AvgIpc) is 2.76. The number of nitriles is 1. The number of thiophene rings is 1. The Morgan fingerprint density at radius 2 is 2.29 bits per heavy atom. The summed E-state index contributed by atoms with van der Waals surface area (Å²) in [6, 6.07) is 4.83. The van der Waals surface area contributed by atoms with E-state index in [9.17, 15) is 0 Å². The van der Waals surface area contributed by atoms with E-state index in [-0.39, 0.29) is 0 Å². The molecule has 1 fully saturated rings. The van der Waals surface area contributed by atoms with E-state index in [1.165, 1.54) is 24.1 Å². The van der Waals surface area contributed by atoms with Gasteiger partial charge < -0.3 is 5.32 Å². The smallest absolute Gasteiger partial charge is 0.100 e. The molecule has 0 aliphatic heterocycles. The molecule has 1 aliphatic rings. The standard InChI is InChI=1S/C14H20N2S/c1-10-3-4-14(11(2)5-10)16-8-13-6-12(7-15)9-17-13/h6,9-11,14,16H,3-5,8H2,1-2H3. The van der Waals surface area contributed by atoms with Crippen LogP contribution in [0.3, 0.4) is 0 Å². The summed E-state index contributed by atoms with van der Waals surface area (Å²) >= 11 is 1.68. The maximum Gasteiger partial charge on any atom is 0.100 e. The highest BCUT2D eigenvalue weighted by molar-refractivity contribution is 7.10. The summed E-state index contributed by atoms with van der Waals surface area (Å²) in [7, 11) is 0. The number of rotatable bonds is 3. The molecule has 0 radical (unpaired) electrons. The van der Waals surface area contributed by atoms with Crippen LogP contribution in [0.25, 0.3) is 0 Å². The predicted molar refractivity (Wildman–Crippen MR) is 71.8 cm³/mol. The Hall–Kier alpha value is -0.850. The van der Waals surface area contributed by atoms with E-state index in [1.807, 2.05) is 11.4 Å². The Morgan fingerprint density at radius 3 is 2.94 bits per heavy atom. The van der Waals surface area contributed by atoms with E-state index in [4.69, 9.17) is 5.26 Å². The SMILES string of the molecule is CC1CCC(NCc2cc(C#N)cs2)C(C)C1. The maximum atomic E-state index is 8.78. The Morgan fingerprint density at radius 1 is 1.47 bits per heavy atom. The predicted octanol–water partition coefficient (Wildman–Crippen LogP) is 3.53. The van der Waals surface area contributed by atoms with Crippen LogP contribution in [-0.4, -0.2) is 6.04 Å². The van der Waals surface area contributed by atoms with Gasteiger partial charge in [0.25, 0.3) is 0 Å². The molecule has 1 saturated carbocycles. The van der Waals surface area contributed by atoms with E-state index in [0.717, 1.165) is 23.9 Å². The number of hydrogen-bond acceptors (Lipinski definition) is 3. The summed E-state index contributed by atoms with van der Waals surface area (Å²) < 4.78 is 0. The quantitative estimate of drug-likeness (QED) is 0.888. The van der Waals surface area contributed by atoms with Gasteiger partial charge in [0.05, 0.1) is 5.56 Å². The molecule has 3 heteroatoms. The fraction of sp³-hybridized carbons (Fsp3) is 0.643. The first-order valence-electron chi connectivity index (χ1n) is 6.40. The van der Waals surface area contributed by atoms with Crippen molar-refractivity contribution in [2.24, 2.45) is 11.8 Å². The summed E-state index contributed by atoms with van der Waals surface area (Å²) in [5, 5.41) is 14.4. The lowest BCUT2D eigenvalue weighted by atomic mass is 9.80. The third-order valence-corrected chi connectivity index (χ3v) is 4.69.